The summed E-state index contributed by atoms with van der Waals surface area (Å²) < 4.78 is 79.2. The maximum absolute atomic E-state index is 13.2. The van der Waals surface area contributed by atoms with Crippen molar-refractivity contribution in [2.45, 2.75) is 62.5 Å². The molecule has 180 valence electrons. The Balaban J connectivity index is 6.75. The van der Waals surface area contributed by atoms with Gasteiger partial charge in [-0.25, -0.2) is 9.69 Å². The Morgan fingerprint density at radius 2 is 1.32 bits per heavy atom. The highest BCUT2D eigenvalue weighted by Gasteiger charge is 2.66. The minimum Gasteiger partial charge on any atom is -0.479 e. The molecule has 0 fully saturated rings. The average Bonchev–Trinajstić information content (AvgIpc) is 2.64. The van der Waals surface area contributed by atoms with E-state index in [9.17, 15) is 50.6 Å². The SMILES string of the molecule is NCCCC[C@H](N)C(=O)N(C(=O)C(F)(F)F)[C@@](CCCCN)(C(=O)O)C(=O)C(F)(F)F. The predicted molar refractivity (Wildman–Crippen MR) is 93.1 cm³/mol. The highest BCUT2D eigenvalue weighted by atomic mass is 19.4. The van der Waals surface area contributed by atoms with Gasteiger partial charge in [-0.1, -0.05) is 6.42 Å². The van der Waals surface area contributed by atoms with E-state index in [4.69, 9.17) is 17.2 Å². The fourth-order valence-electron chi connectivity index (χ4n) is 2.77. The standard InChI is InChI=1S/C16H24F6N4O5/c17-15(18,19)11(28)14(13(30)31,6-2-4-8-24)26(12(29)16(20,21)22)10(27)9(25)5-1-3-7-23/h9H,1-8,23-25H2,(H,30,31)/t9-,14+/m0/s1. The van der Waals surface area contributed by atoms with E-state index < -0.39 is 71.7 Å². The van der Waals surface area contributed by atoms with Crippen LogP contribution in [0.4, 0.5) is 26.3 Å². The van der Waals surface area contributed by atoms with E-state index in [-0.39, 0.29) is 32.4 Å². The number of rotatable bonds is 12. The number of hydrogen-bond donors (Lipinski definition) is 4. The molecule has 0 aromatic rings. The fourth-order valence-corrected chi connectivity index (χ4v) is 2.77. The van der Waals surface area contributed by atoms with Gasteiger partial charge in [0.1, 0.15) is 0 Å². The zero-order chi connectivity index (χ0) is 24.6. The molecule has 2 amide bonds. The van der Waals surface area contributed by atoms with Gasteiger partial charge in [-0.3, -0.25) is 14.4 Å². The number of halogens is 6. The lowest BCUT2D eigenvalue weighted by Gasteiger charge is -2.39. The second kappa shape index (κ2) is 11.4. The number of alkyl halides is 6. The number of Topliss-reactive ketones (excluding diaryl/α,β-unsaturated/α-hetero) is 1. The molecule has 0 unspecified atom stereocenters. The predicted octanol–water partition coefficient (Wildman–Crippen LogP) is 0.444. The molecule has 0 aromatic carbocycles. The van der Waals surface area contributed by atoms with Gasteiger partial charge in [0.15, 0.2) is 0 Å². The van der Waals surface area contributed by atoms with E-state index in [1.54, 1.807) is 0 Å². The van der Waals surface area contributed by atoms with E-state index in [1.807, 2.05) is 0 Å². The molecule has 0 rings (SSSR count). The molecule has 0 saturated heterocycles. The normalized spacial score (nSPS) is 15.1. The van der Waals surface area contributed by atoms with Crippen LogP contribution in [0.1, 0.15) is 38.5 Å². The van der Waals surface area contributed by atoms with Gasteiger partial charge in [0.05, 0.1) is 6.04 Å². The maximum Gasteiger partial charge on any atom is 0.471 e. The molecule has 7 N–H and O–H groups in total. The number of carboxylic acids is 1. The molecule has 0 aromatic heterocycles. The summed E-state index contributed by atoms with van der Waals surface area (Å²) in [6.07, 6.45) is -14.4. The van der Waals surface area contributed by atoms with Crippen LogP contribution in [0.3, 0.4) is 0 Å². The number of carbonyl (C=O) groups excluding carboxylic acids is 3. The quantitative estimate of drug-likeness (QED) is 0.182. The first-order chi connectivity index (χ1) is 14.1. The Bertz CT molecular complexity index is 670. The van der Waals surface area contributed by atoms with E-state index in [2.05, 4.69) is 0 Å². The van der Waals surface area contributed by atoms with Crippen LogP contribution in [0.15, 0.2) is 0 Å². The van der Waals surface area contributed by atoms with Crippen LogP contribution in [-0.2, 0) is 19.2 Å². The third kappa shape index (κ3) is 7.14. The van der Waals surface area contributed by atoms with Gasteiger partial charge in [0.25, 0.3) is 5.78 Å². The number of nitrogens with two attached hydrogens (primary N) is 3. The van der Waals surface area contributed by atoms with Crippen LogP contribution < -0.4 is 17.2 Å². The van der Waals surface area contributed by atoms with Crippen molar-refractivity contribution in [2.24, 2.45) is 17.2 Å². The van der Waals surface area contributed by atoms with Gasteiger partial charge < -0.3 is 22.3 Å². The fraction of sp³-hybridized carbons (Fsp3) is 0.750. The van der Waals surface area contributed by atoms with Gasteiger partial charge in [0, 0.05) is 0 Å². The zero-order valence-corrected chi connectivity index (χ0v) is 16.3. The molecule has 31 heavy (non-hydrogen) atoms. The van der Waals surface area contributed by atoms with Crippen LogP contribution in [0.2, 0.25) is 0 Å². The van der Waals surface area contributed by atoms with Crippen molar-refractivity contribution < 1.29 is 50.6 Å². The van der Waals surface area contributed by atoms with E-state index >= 15 is 0 Å². The molecule has 0 aliphatic heterocycles. The molecule has 0 saturated carbocycles. The molecule has 0 aliphatic carbocycles. The molecule has 0 aliphatic rings. The Kier molecular flexibility index (Phi) is 10.6. The average molecular weight is 466 g/mol. The van der Waals surface area contributed by atoms with Crippen LogP contribution in [0, 0.1) is 0 Å². The summed E-state index contributed by atoms with van der Waals surface area (Å²) in [6.45, 7) is -0.119. The minimum absolute atomic E-state index is 0.0396. The topological polar surface area (TPSA) is 170 Å². The number of unbranched alkanes of at least 4 members (excludes halogenated alkanes) is 2. The molecule has 0 heterocycles. The smallest absolute Gasteiger partial charge is 0.471 e. The minimum atomic E-state index is -5.99. The van der Waals surface area contributed by atoms with Crippen LogP contribution in [0.5, 0.6) is 0 Å². The van der Waals surface area contributed by atoms with Crippen molar-refractivity contribution in [1.82, 2.24) is 4.90 Å². The second-order valence-corrected chi connectivity index (χ2v) is 6.61. The molecular formula is C16H24F6N4O5. The van der Waals surface area contributed by atoms with Crippen molar-refractivity contribution in [3.05, 3.63) is 0 Å². The third-order valence-electron chi connectivity index (χ3n) is 4.31. The first kappa shape index (κ1) is 28.7. The summed E-state index contributed by atoms with van der Waals surface area (Å²) in [5.74, 6) is -11.3. The Labute approximate surface area is 172 Å². The number of carboxylic acid groups (broad SMARTS) is 1. The number of aliphatic carboxylic acids is 1. The first-order valence-electron chi connectivity index (χ1n) is 9.05. The highest BCUT2D eigenvalue weighted by Crippen LogP contribution is 2.36. The van der Waals surface area contributed by atoms with Gasteiger partial charge in [-0.05, 0) is 45.2 Å². The van der Waals surface area contributed by atoms with E-state index in [0.29, 0.717) is 0 Å². The van der Waals surface area contributed by atoms with Crippen molar-refractivity contribution in [3.8, 4) is 0 Å². The summed E-state index contributed by atoms with van der Waals surface area (Å²) in [6, 6.07) is -1.99. The van der Waals surface area contributed by atoms with Crippen LogP contribution in [-0.4, -0.2) is 70.6 Å². The Hall–Kier alpha value is -2.26. The molecule has 0 spiro atoms. The summed E-state index contributed by atoms with van der Waals surface area (Å²) in [7, 11) is 0. The first-order valence-corrected chi connectivity index (χ1v) is 9.05. The monoisotopic (exact) mass is 466 g/mol. The van der Waals surface area contributed by atoms with Gasteiger partial charge in [-0.15, -0.1) is 0 Å². The third-order valence-corrected chi connectivity index (χ3v) is 4.31. The second-order valence-electron chi connectivity index (χ2n) is 6.61. The lowest BCUT2D eigenvalue weighted by molar-refractivity contribution is -0.208. The molecule has 15 heteroatoms. The molecular weight excluding hydrogens is 442 g/mol. The van der Waals surface area contributed by atoms with Gasteiger partial charge >= 0.3 is 24.2 Å². The van der Waals surface area contributed by atoms with Crippen molar-refractivity contribution in [3.63, 3.8) is 0 Å². The summed E-state index contributed by atoms with van der Waals surface area (Å²) in [4.78, 5) is 47.3. The molecule has 0 bridgehead atoms. The van der Waals surface area contributed by atoms with Crippen LogP contribution >= 0.6 is 0 Å². The number of imide groups is 1. The number of carbonyl (C=O) groups is 4. The summed E-state index contributed by atoms with van der Waals surface area (Å²) >= 11 is 0. The summed E-state index contributed by atoms with van der Waals surface area (Å²) in [5, 5.41) is 9.46. The molecule has 2 atom stereocenters. The summed E-state index contributed by atoms with van der Waals surface area (Å²) in [5.41, 5.74) is 11.6. The van der Waals surface area contributed by atoms with E-state index in [0.717, 1.165) is 0 Å². The Morgan fingerprint density at radius 1 is 0.839 bits per heavy atom. The lowest BCUT2D eigenvalue weighted by atomic mass is 9.84. The van der Waals surface area contributed by atoms with Crippen LogP contribution in [0.25, 0.3) is 0 Å². The number of ketones is 1. The van der Waals surface area contributed by atoms with E-state index in [1.165, 1.54) is 0 Å². The van der Waals surface area contributed by atoms with Crippen molar-refractivity contribution in [1.29, 1.82) is 0 Å². The van der Waals surface area contributed by atoms with Gasteiger partial charge in [0.2, 0.25) is 11.4 Å². The van der Waals surface area contributed by atoms with Crippen molar-refractivity contribution in [2.75, 3.05) is 13.1 Å². The molecule has 0 radical (unpaired) electrons. The zero-order valence-electron chi connectivity index (χ0n) is 16.3. The maximum atomic E-state index is 13.2. The number of nitrogens with zero attached hydrogens (tertiary/aromatic N) is 1. The number of hydrogen-bond acceptors (Lipinski definition) is 7. The van der Waals surface area contributed by atoms with Gasteiger partial charge in [-0.2, -0.15) is 26.3 Å². The largest absolute Gasteiger partial charge is 0.479 e. The lowest BCUT2D eigenvalue weighted by Crippen LogP contribution is -2.70. The van der Waals surface area contributed by atoms with Crippen molar-refractivity contribution >= 4 is 23.6 Å². The molecule has 9 nitrogen and oxygen atoms in total. The number of amides is 2. The Morgan fingerprint density at radius 3 is 1.71 bits per heavy atom. The highest BCUT2D eigenvalue weighted by molar-refractivity contribution is 6.17.